The molecule has 1 saturated heterocycles. The summed E-state index contributed by atoms with van der Waals surface area (Å²) in [5, 5.41) is 0.728. The molecule has 1 aliphatic rings. The first-order chi connectivity index (χ1) is 6.79. The fourth-order valence-corrected chi connectivity index (χ4v) is 1.71. The second-order valence-electron chi connectivity index (χ2n) is 3.37. The van der Waals surface area contributed by atoms with Crippen molar-refractivity contribution in [1.82, 2.24) is 10.9 Å². The predicted octanol–water partition coefficient (Wildman–Crippen LogP) is 1.45. The second kappa shape index (κ2) is 4.09. The van der Waals surface area contributed by atoms with Crippen molar-refractivity contribution in [1.29, 1.82) is 0 Å². The number of nitrogens with one attached hydrogen (secondary N) is 2. The molecule has 14 heavy (non-hydrogen) atoms. The molecule has 4 heteroatoms. The Kier molecular flexibility index (Phi) is 2.82. The van der Waals surface area contributed by atoms with Crippen LogP contribution in [0.4, 0.5) is 0 Å². The van der Waals surface area contributed by atoms with Gasteiger partial charge in [0.15, 0.2) is 0 Å². The molecular formula is C10H11ClN2O. The third-order valence-electron chi connectivity index (χ3n) is 2.37. The van der Waals surface area contributed by atoms with E-state index in [1.54, 1.807) is 0 Å². The summed E-state index contributed by atoms with van der Waals surface area (Å²) in [6.07, 6.45) is 1.70. The fourth-order valence-electron chi connectivity index (χ4n) is 1.58. The number of rotatable bonds is 2. The van der Waals surface area contributed by atoms with Crippen LogP contribution >= 0.6 is 11.6 Å². The zero-order chi connectivity index (χ0) is 9.97. The van der Waals surface area contributed by atoms with Crippen molar-refractivity contribution < 1.29 is 4.79 Å². The lowest BCUT2D eigenvalue weighted by Gasteiger charge is -2.08. The Labute approximate surface area is 87.4 Å². The maximum absolute atomic E-state index is 10.5. The van der Waals surface area contributed by atoms with Crippen LogP contribution in [0.5, 0.6) is 0 Å². The number of aldehydes is 1. The zero-order valence-corrected chi connectivity index (χ0v) is 8.29. The zero-order valence-electron chi connectivity index (χ0n) is 7.53. The first-order valence-electron chi connectivity index (χ1n) is 4.51. The van der Waals surface area contributed by atoms with Crippen LogP contribution in [0, 0.1) is 0 Å². The molecule has 74 valence electrons. The number of hydrazine groups is 1. The Morgan fingerprint density at radius 3 is 2.57 bits per heavy atom. The molecule has 0 saturated carbocycles. The first-order valence-corrected chi connectivity index (χ1v) is 4.89. The Morgan fingerprint density at radius 1 is 1.29 bits per heavy atom. The molecular weight excluding hydrogens is 200 g/mol. The molecule has 1 aromatic rings. The van der Waals surface area contributed by atoms with Gasteiger partial charge in [-0.15, -0.1) is 0 Å². The van der Waals surface area contributed by atoms with E-state index in [1.165, 1.54) is 0 Å². The van der Waals surface area contributed by atoms with Crippen molar-refractivity contribution in [3.05, 3.63) is 34.9 Å². The van der Waals surface area contributed by atoms with Gasteiger partial charge in [-0.2, -0.15) is 0 Å². The molecule has 1 aliphatic heterocycles. The SMILES string of the molecule is O=CC1CC(c2ccc(Cl)cc2)NN1. The molecule has 0 radical (unpaired) electrons. The summed E-state index contributed by atoms with van der Waals surface area (Å²) in [7, 11) is 0. The van der Waals surface area contributed by atoms with Crippen LogP contribution in [0.25, 0.3) is 0 Å². The van der Waals surface area contributed by atoms with Crippen molar-refractivity contribution in [2.24, 2.45) is 0 Å². The minimum atomic E-state index is -0.0873. The monoisotopic (exact) mass is 210 g/mol. The van der Waals surface area contributed by atoms with E-state index < -0.39 is 0 Å². The molecule has 2 unspecified atom stereocenters. The molecule has 1 fully saturated rings. The van der Waals surface area contributed by atoms with Crippen LogP contribution in [-0.2, 0) is 4.79 Å². The van der Waals surface area contributed by atoms with Crippen molar-refractivity contribution in [2.45, 2.75) is 18.5 Å². The summed E-state index contributed by atoms with van der Waals surface area (Å²) < 4.78 is 0. The van der Waals surface area contributed by atoms with Gasteiger partial charge in [0, 0.05) is 11.1 Å². The van der Waals surface area contributed by atoms with Gasteiger partial charge in [0.05, 0.1) is 6.04 Å². The van der Waals surface area contributed by atoms with Crippen LogP contribution < -0.4 is 10.9 Å². The topological polar surface area (TPSA) is 41.1 Å². The predicted molar refractivity (Wildman–Crippen MR) is 54.9 cm³/mol. The third kappa shape index (κ3) is 1.95. The van der Waals surface area contributed by atoms with Gasteiger partial charge in [0.1, 0.15) is 6.29 Å². The molecule has 0 bridgehead atoms. The van der Waals surface area contributed by atoms with Crippen LogP contribution in [0.1, 0.15) is 18.0 Å². The average Bonchev–Trinajstić information content (AvgIpc) is 2.67. The summed E-state index contributed by atoms with van der Waals surface area (Å²) in [6, 6.07) is 7.75. The van der Waals surface area contributed by atoms with Gasteiger partial charge in [-0.1, -0.05) is 23.7 Å². The molecule has 0 aromatic heterocycles. The average molecular weight is 211 g/mol. The molecule has 2 rings (SSSR count). The summed E-state index contributed by atoms with van der Waals surface area (Å²) in [5.74, 6) is 0. The van der Waals surface area contributed by atoms with Gasteiger partial charge in [-0.25, -0.2) is 10.9 Å². The molecule has 2 atom stereocenters. The Morgan fingerprint density at radius 2 is 2.00 bits per heavy atom. The summed E-state index contributed by atoms with van der Waals surface area (Å²) in [6.45, 7) is 0. The lowest BCUT2D eigenvalue weighted by molar-refractivity contribution is -0.109. The lowest BCUT2D eigenvalue weighted by Crippen LogP contribution is -2.31. The maximum atomic E-state index is 10.5. The summed E-state index contributed by atoms with van der Waals surface area (Å²) in [4.78, 5) is 10.5. The van der Waals surface area contributed by atoms with Crippen molar-refractivity contribution >= 4 is 17.9 Å². The third-order valence-corrected chi connectivity index (χ3v) is 2.62. The van der Waals surface area contributed by atoms with Crippen molar-refractivity contribution in [2.75, 3.05) is 0 Å². The number of carbonyl (C=O) groups excluding carboxylic acids is 1. The highest BCUT2D eigenvalue weighted by atomic mass is 35.5. The number of hydrogen-bond donors (Lipinski definition) is 2. The Hall–Kier alpha value is -0.900. The molecule has 1 aromatic carbocycles. The van der Waals surface area contributed by atoms with Crippen LogP contribution in [0.3, 0.4) is 0 Å². The first kappa shape index (κ1) is 9.65. The standard InChI is InChI=1S/C10H11ClN2O/c11-8-3-1-7(2-4-8)10-5-9(6-14)12-13-10/h1-4,6,9-10,12-13H,5H2. The van der Waals surface area contributed by atoms with Crippen LogP contribution in [-0.4, -0.2) is 12.3 Å². The van der Waals surface area contributed by atoms with E-state index in [1.807, 2.05) is 24.3 Å². The molecule has 0 aliphatic carbocycles. The maximum Gasteiger partial charge on any atom is 0.138 e. The lowest BCUT2D eigenvalue weighted by atomic mass is 10.0. The van der Waals surface area contributed by atoms with Gasteiger partial charge in [0.25, 0.3) is 0 Å². The van der Waals surface area contributed by atoms with Gasteiger partial charge < -0.3 is 4.79 Å². The number of halogens is 1. The smallest absolute Gasteiger partial charge is 0.138 e. The molecule has 0 amide bonds. The molecule has 2 N–H and O–H groups in total. The van der Waals surface area contributed by atoms with E-state index in [9.17, 15) is 4.79 Å². The van der Waals surface area contributed by atoms with E-state index in [4.69, 9.17) is 11.6 Å². The Bertz CT molecular complexity index is 325. The molecule has 3 nitrogen and oxygen atoms in total. The van der Waals surface area contributed by atoms with E-state index >= 15 is 0 Å². The van der Waals surface area contributed by atoms with Gasteiger partial charge in [0.2, 0.25) is 0 Å². The fraction of sp³-hybridized carbons (Fsp3) is 0.300. The quantitative estimate of drug-likeness (QED) is 0.726. The van der Waals surface area contributed by atoms with E-state index in [2.05, 4.69) is 10.9 Å². The van der Waals surface area contributed by atoms with Gasteiger partial charge in [-0.05, 0) is 24.1 Å². The van der Waals surface area contributed by atoms with Crippen molar-refractivity contribution in [3.8, 4) is 0 Å². The minimum Gasteiger partial charge on any atom is -0.302 e. The van der Waals surface area contributed by atoms with Crippen LogP contribution in [0.2, 0.25) is 5.02 Å². The number of benzene rings is 1. The highest BCUT2D eigenvalue weighted by Crippen LogP contribution is 2.22. The van der Waals surface area contributed by atoms with E-state index in [-0.39, 0.29) is 12.1 Å². The van der Waals surface area contributed by atoms with Crippen LogP contribution in [0.15, 0.2) is 24.3 Å². The molecule has 0 spiro atoms. The van der Waals surface area contributed by atoms with Crippen molar-refractivity contribution in [3.63, 3.8) is 0 Å². The van der Waals surface area contributed by atoms with Gasteiger partial charge >= 0.3 is 0 Å². The largest absolute Gasteiger partial charge is 0.302 e. The second-order valence-corrected chi connectivity index (χ2v) is 3.81. The number of carbonyl (C=O) groups is 1. The summed E-state index contributed by atoms with van der Waals surface area (Å²) >= 11 is 5.78. The summed E-state index contributed by atoms with van der Waals surface area (Å²) in [5.41, 5.74) is 7.13. The van der Waals surface area contributed by atoms with E-state index in [0.717, 1.165) is 23.3 Å². The highest BCUT2D eigenvalue weighted by molar-refractivity contribution is 6.30. The van der Waals surface area contributed by atoms with E-state index in [0.29, 0.717) is 0 Å². The molecule has 1 heterocycles. The van der Waals surface area contributed by atoms with Gasteiger partial charge in [-0.3, -0.25) is 0 Å². The number of hydrogen-bond acceptors (Lipinski definition) is 3. The highest BCUT2D eigenvalue weighted by Gasteiger charge is 2.23. The Balaban J connectivity index is 2.09. The minimum absolute atomic E-state index is 0.0873. The normalized spacial score (nSPS) is 26.4.